The second-order valence-electron chi connectivity index (χ2n) is 3.51. The second-order valence-corrected chi connectivity index (χ2v) is 5.56. The van der Waals surface area contributed by atoms with E-state index < -0.39 is 27.8 Å². The van der Waals surface area contributed by atoms with E-state index in [-0.39, 0.29) is 17.5 Å². The molecule has 1 unspecified atom stereocenters. The van der Waals surface area contributed by atoms with Crippen molar-refractivity contribution in [3.63, 3.8) is 0 Å². The highest BCUT2D eigenvalue weighted by Gasteiger charge is 2.40. The number of anilines is 1. The highest BCUT2D eigenvalue weighted by Crippen LogP contribution is 2.23. The van der Waals surface area contributed by atoms with Gasteiger partial charge in [-0.3, -0.25) is 9.69 Å². The van der Waals surface area contributed by atoms with E-state index in [9.17, 15) is 17.1 Å². The van der Waals surface area contributed by atoms with E-state index >= 15 is 0 Å². The Bertz CT molecular complexity index is 548. The Balaban J connectivity index is 2.24. The minimum atomic E-state index is -4.73. The van der Waals surface area contributed by atoms with Gasteiger partial charge in [-0.25, -0.2) is 9.97 Å². The lowest BCUT2D eigenvalue weighted by molar-refractivity contribution is -0.117. The molecule has 1 aromatic rings. The summed E-state index contributed by atoms with van der Waals surface area (Å²) in [5.74, 6) is -0.510. The minimum absolute atomic E-state index is 0.0190. The van der Waals surface area contributed by atoms with Crippen LogP contribution in [0.3, 0.4) is 0 Å². The van der Waals surface area contributed by atoms with E-state index in [4.69, 9.17) is 11.6 Å². The zero-order valence-electron chi connectivity index (χ0n) is 8.38. The Labute approximate surface area is 102 Å². The zero-order valence-corrected chi connectivity index (χ0v) is 9.95. The van der Waals surface area contributed by atoms with Gasteiger partial charge in [-0.05, 0) is 0 Å². The highest BCUT2D eigenvalue weighted by atomic mass is 35.5. The van der Waals surface area contributed by atoms with Crippen LogP contribution in [0.15, 0.2) is 12.4 Å². The van der Waals surface area contributed by atoms with Gasteiger partial charge in [-0.1, -0.05) is 11.6 Å². The maximum Gasteiger partial charge on any atom is 0.307 e. The number of amides is 1. The predicted molar refractivity (Wildman–Crippen MR) is 57.8 cm³/mol. The van der Waals surface area contributed by atoms with Crippen LogP contribution in [0.25, 0.3) is 0 Å². The van der Waals surface area contributed by atoms with Gasteiger partial charge in [0.15, 0.2) is 0 Å². The molecule has 1 aromatic heterocycles. The fraction of sp³-hybridized carbons (Fsp3) is 0.375. The Hall–Kier alpha value is -1.28. The summed E-state index contributed by atoms with van der Waals surface area (Å²) < 4.78 is 34.2. The summed E-state index contributed by atoms with van der Waals surface area (Å²) in [5, 5.41) is -1.07. The summed E-state index contributed by atoms with van der Waals surface area (Å²) in [4.78, 5) is 20.1. The van der Waals surface area contributed by atoms with Gasteiger partial charge in [0.25, 0.3) is 0 Å². The van der Waals surface area contributed by atoms with E-state index in [1.165, 1.54) is 12.4 Å². The normalized spacial score (nSPS) is 20.9. The van der Waals surface area contributed by atoms with Crippen LogP contribution in [-0.2, 0) is 15.0 Å². The van der Waals surface area contributed by atoms with E-state index in [1.807, 2.05) is 0 Å². The molecule has 0 bridgehead atoms. The maximum absolute atomic E-state index is 12.8. The quantitative estimate of drug-likeness (QED) is 0.738. The van der Waals surface area contributed by atoms with Crippen LogP contribution in [0, 0.1) is 0 Å². The van der Waals surface area contributed by atoms with E-state index in [1.54, 1.807) is 0 Å². The average Bonchev–Trinajstić information content (AvgIpc) is 2.61. The molecule has 6 nitrogen and oxygen atoms in total. The molecule has 0 N–H and O–H groups in total. The number of carbonyl (C=O) groups is 1. The lowest BCUT2D eigenvalue weighted by atomic mass is 10.4. The van der Waals surface area contributed by atoms with Crippen molar-refractivity contribution < 1.29 is 17.1 Å². The highest BCUT2D eigenvalue weighted by molar-refractivity contribution is 7.87. The van der Waals surface area contributed by atoms with Gasteiger partial charge in [0, 0.05) is 13.0 Å². The van der Waals surface area contributed by atoms with Crippen LogP contribution in [-0.4, -0.2) is 36.1 Å². The zero-order chi connectivity index (χ0) is 12.6. The van der Waals surface area contributed by atoms with Crippen LogP contribution < -0.4 is 4.90 Å². The van der Waals surface area contributed by atoms with Crippen LogP contribution in [0.2, 0.25) is 5.02 Å². The summed E-state index contributed by atoms with van der Waals surface area (Å²) in [6.07, 6.45) is 2.15. The lowest BCUT2D eigenvalue weighted by Gasteiger charge is -2.12. The van der Waals surface area contributed by atoms with Crippen molar-refractivity contribution in [1.29, 1.82) is 0 Å². The number of hydrogen-bond acceptors (Lipinski definition) is 5. The van der Waals surface area contributed by atoms with Crippen molar-refractivity contribution in [2.24, 2.45) is 0 Å². The van der Waals surface area contributed by atoms with Crippen LogP contribution >= 0.6 is 11.6 Å². The van der Waals surface area contributed by atoms with E-state index in [0.717, 1.165) is 4.90 Å². The first-order valence-electron chi connectivity index (χ1n) is 4.59. The van der Waals surface area contributed by atoms with Crippen molar-refractivity contribution in [3.8, 4) is 0 Å². The van der Waals surface area contributed by atoms with Gasteiger partial charge in [0.05, 0.1) is 17.4 Å². The van der Waals surface area contributed by atoms with Crippen molar-refractivity contribution in [1.82, 2.24) is 9.97 Å². The Morgan fingerprint density at radius 1 is 1.41 bits per heavy atom. The van der Waals surface area contributed by atoms with Gasteiger partial charge in [0.1, 0.15) is 5.25 Å². The van der Waals surface area contributed by atoms with Gasteiger partial charge in [-0.15, -0.1) is 3.89 Å². The number of rotatable bonds is 2. The molecule has 0 aliphatic carbocycles. The number of hydrogen-bond donors (Lipinski definition) is 0. The summed E-state index contributed by atoms with van der Waals surface area (Å²) in [5.41, 5.74) is 0. The molecule has 0 spiro atoms. The Morgan fingerprint density at radius 3 is 2.47 bits per heavy atom. The van der Waals surface area contributed by atoms with E-state index in [0.29, 0.717) is 0 Å². The van der Waals surface area contributed by atoms with Gasteiger partial charge >= 0.3 is 10.2 Å². The van der Waals surface area contributed by atoms with Crippen molar-refractivity contribution in [2.75, 3.05) is 11.4 Å². The molecule has 0 saturated carbocycles. The summed E-state index contributed by atoms with van der Waals surface area (Å²) in [6.45, 7) is -0.278. The fourth-order valence-corrected chi connectivity index (χ4v) is 2.27. The van der Waals surface area contributed by atoms with Crippen LogP contribution in [0.1, 0.15) is 6.42 Å². The molecule has 1 fully saturated rings. The van der Waals surface area contributed by atoms with Crippen molar-refractivity contribution in [2.45, 2.75) is 11.7 Å². The maximum atomic E-state index is 12.8. The molecule has 2 rings (SSSR count). The second kappa shape index (κ2) is 4.19. The first-order valence-corrected chi connectivity index (χ1v) is 6.42. The lowest BCUT2D eigenvalue weighted by Crippen LogP contribution is -2.28. The molecule has 0 aromatic carbocycles. The van der Waals surface area contributed by atoms with Gasteiger partial charge in [0.2, 0.25) is 11.9 Å². The average molecular weight is 280 g/mol. The third-order valence-corrected chi connectivity index (χ3v) is 3.64. The fourth-order valence-electron chi connectivity index (χ4n) is 1.50. The molecule has 1 saturated heterocycles. The van der Waals surface area contributed by atoms with Gasteiger partial charge in [-0.2, -0.15) is 8.42 Å². The van der Waals surface area contributed by atoms with Crippen molar-refractivity contribution in [3.05, 3.63) is 17.4 Å². The molecule has 9 heteroatoms. The number of nitrogens with zero attached hydrogens (tertiary/aromatic N) is 3. The number of carbonyl (C=O) groups excluding carboxylic acids is 1. The molecular formula is C8H7ClFN3O3S. The Kier molecular flexibility index (Phi) is 3.00. The Morgan fingerprint density at radius 2 is 2.00 bits per heavy atom. The molecule has 2 heterocycles. The molecular weight excluding hydrogens is 273 g/mol. The third-order valence-electron chi connectivity index (χ3n) is 2.34. The third kappa shape index (κ3) is 2.52. The molecule has 92 valence electrons. The molecule has 0 radical (unpaired) electrons. The summed E-state index contributed by atoms with van der Waals surface area (Å²) in [6, 6.07) is 0. The van der Waals surface area contributed by atoms with Crippen LogP contribution in [0.4, 0.5) is 9.83 Å². The monoisotopic (exact) mass is 279 g/mol. The molecule has 1 aliphatic heterocycles. The van der Waals surface area contributed by atoms with Gasteiger partial charge < -0.3 is 0 Å². The summed E-state index contributed by atoms with van der Waals surface area (Å²) in [7, 11) is -4.73. The predicted octanol–water partition coefficient (Wildman–Crippen LogP) is 0.535. The van der Waals surface area contributed by atoms with E-state index in [2.05, 4.69) is 9.97 Å². The topological polar surface area (TPSA) is 80.2 Å². The molecule has 1 atom stereocenters. The molecule has 17 heavy (non-hydrogen) atoms. The largest absolute Gasteiger partial charge is 0.307 e. The SMILES string of the molecule is O=C1CC(S(=O)(=O)F)CN1c1ncc(Cl)cn1. The first kappa shape index (κ1) is 12.2. The standard InChI is InChI=1S/C8H7ClFN3O3S/c9-5-2-11-8(12-3-5)13-4-6(1-7(13)14)17(10,15)16/h2-3,6H,1,4H2. The molecule has 1 amide bonds. The summed E-state index contributed by atoms with van der Waals surface area (Å²) >= 11 is 5.57. The first-order chi connectivity index (χ1) is 7.88. The van der Waals surface area contributed by atoms with Crippen molar-refractivity contribution >= 4 is 33.7 Å². The number of halogens is 2. The minimum Gasteiger partial charge on any atom is -0.279 e. The number of aromatic nitrogens is 2. The smallest absolute Gasteiger partial charge is 0.279 e. The molecule has 1 aliphatic rings. The van der Waals surface area contributed by atoms with Crippen LogP contribution in [0.5, 0.6) is 0 Å².